The van der Waals surface area contributed by atoms with E-state index in [1.807, 2.05) is 33.8 Å². The minimum absolute atomic E-state index is 0.0997. The van der Waals surface area contributed by atoms with Crippen LogP contribution in [-0.2, 0) is 4.79 Å². The van der Waals surface area contributed by atoms with Gasteiger partial charge >= 0.3 is 0 Å². The van der Waals surface area contributed by atoms with Crippen molar-refractivity contribution in [3.63, 3.8) is 0 Å². The summed E-state index contributed by atoms with van der Waals surface area (Å²) in [6, 6.07) is 8.37. The Morgan fingerprint density at radius 2 is 1.68 bits per heavy atom. The van der Waals surface area contributed by atoms with Gasteiger partial charge in [-0.2, -0.15) is 0 Å². The molecule has 1 fully saturated rings. The van der Waals surface area contributed by atoms with Crippen LogP contribution in [-0.4, -0.2) is 70.0 Å². The third-order valence-corrected chi connectivity index (χ3v) is 5.27. The number of piperazine rings is 1. The van der Waals surface area contributed by atoms with Crippen LogP contribution < -0.4 is 11.5 Å². The lowest BCUT2D eigenvalue weighted by molar-refractivity contribution is -0.375. The van der Waals surface area contributed by atoms with E-state index in [-0.39, 0.29) is 42.5 Å². The fourth-order valence-electron chi connectivity index (χ4n) is 3.69. The van der Waals surface area contributed by atoms with Crippen molar-refractivity contribution in [2.24, 2.45) is 5.73 Å². The number of Topliss-reactive ketones (excluding diaryl/α,β-unsaturated/α-hetero) is 1. The Hall–Kier alpha value is -4.25. The van der Waals surface area contributed by atoms with Crippen LogP contribution in [0.2, 0.25) is 0 Å². The maximum Gasteiger partial charge on any atom is 0.295 e. The maximum atomic E-state index is 13.0. The van der Waals surface area contributed by atoms with Crippen molar-refractivity contribution in [3.05, 3.63) is 82.1 Å². The Balaban J connectivity index is 0.00000213. The smallest absolute Gasteiger partial charge is 0.295 e. The highest BCUT2D eigenvalue weighted by molar-refractivity contribution is 6.43. The number of nitrogens with two attached hydrogens (primary N) is 2. The molecule has 1 aromatic heterocycles. The number of H-pyrrole nitrogens is 1. The largest absolute Gasteiger partial charge is 0.385 e. The first-order chi connectivity index (χ1) is 18.3. The molecule has 1 atom stereocenters. The van der Waals surface area contributed by atoms with E-state index >= 15 is 0 Å². The molecule has 38 heavy (non-hydrogen) atoms. The van der Waals surface area contributed by atoms with E-state index in [2.05, 4.69) is 17.3 Å². The zero-order chi connectivity index (χ0) is 29.4. The van der Waals surface area contributed by atoms with Gasteiger partial charge in [-0.25, -0.2) is 0 Å². The summed E-state index contributed by atoms with van der Waals surface area (Å²) in [7, 11) is 1.50. The summed E-state index contributed by atoms with van der Waals surface area (Å²) in [4.78, 5) is 54.9. The summed E-state index contributed by atoms with van der Waals surface area (Å²) >= 11 is 0. The third-order valence-electron chi connectivity index (χ3n) is 5.27. The highest BCUT2D eigenvalue weighted by Crippen LogP contribution is 2.27. The van der Waals surface area contributed by atoms with Gasteiger partial charge in [-0.05, 0) is 26.1 Å². The lowest BCUT2D eigenvalue weighted by Gasteiger charge is -2.39. The molecule has 5 N–H and O–H groups in total. The van der Waals surface area contributed by atoms with E-state index in [1.165, 1.54) is 24.2 Å². The number of benzene rings is 1. The van der Waals surface area contributed by atoms with Gasteiger partial charge in [-0.1, -0.05) is 58.5 Å². The van der Waals surface area contributed by atoms with Gasteiger partial charge in [0.05, 0.1) is 10.5 Å². The monoisotopic (exact) mass is 528 g/mol. The number of amides is 2. The molecule has 0 radical (unpaired) electrons. The zero-order valence-electron chi connectivity index (χ0n) is 23.1. The fourth-order valence-corrected chi connectivity index (χ4v) is 3.69. The number of allylic oxidation sites excluding steroid dienone is 2. The van der Waals surface area contributed by atoms with Crippen LogP contribution in [0.15, 0.2) is 55.3 Å². The summed E-state index contributed by atoms with van der Waals surface area (Å²) in [5, 5.41) is 11.4. The molecule has 1 saturated heterocycles. The van der Waals surface area contributed by atoms with Crippen LogP contribution >= 0.6 is 0 Å². The maximum absolute atomic E-state index is 13.0. The van der Waals surface area contributed by atoms with Gasteiger partial charge in [-0.3, -0.25) is 24.5 Å². The van der Waals surface area contributed by atoms with Crippen molar-refractivity contribution < 1.29 is 19.3 Å². The fraction of sp³-hybridized carbons (Fsp3) is 0.370. The van der Waals surface area contributed by atoms with Gasteiger partial charge in [0.25, 0.3) is 23.3 Å². The third kappa shape index (κ3) is 8.13. The van der Waals surface area contributed by atoms with Gasteiger partial charge in [0.15, 0.2) is 0 Å². The lowest BCUT2D eigenvalue weighted by Crippen LogP contribution is -2.56. The zero-order valence-corrected chi connectivity index (χ0v) is 23.1. The predicted octanol–water partition coefficient (Wildman–Crippen LogP) is 3.58. The number of nitrogen functional groups attached to an aromatic ring is 1. The summed E-state index contributed by atoms with van der Waals surface area (Å²) < 4.78 is 0. The van der Waals surface area contributed by atoms with E-state index < -0.39 is 28.4 Å². The molecule has 3 rings (SSSR count). The first kappa shape index (κ1) is 33.8. The van der Waals surface area contributed by atoms with E-state index in [0.717, 1.165) is 6.08 Å². The second kappa shape index (κ2) is 17.2. The topological polar surface area (TPSA) is 169 Å². The normalized spacial score (nSPS) is 14.4. The number of aromatic nitrogens is 1. The van der Waals surface area contributed by atoms with Gasteiger partial charge in [0.2, 0.25) is 0 Å². The molecule has 2 heterocycles. The second-order valence-corrected chi connectivity index (χ2v) is 7.33. The van der Waals surface area contributed by atoms with Gasteiger partial charge in [0, 0.05) is 43.5 Å². The first-order valence-corrected chi connectivity index (χ1v) is 12.5. The van der Waals surface area contributed by atoms with Crippen molar-refractivity contribution in [2.75, 3.05) is 32.4 Å². The molecule has 0 aliphatic carbocycles. The van der Waals surface area contributed by atoms with Crippen molar-refractivity contribution in [1.82, 2.24) is 14.8 Å². The minimum Gasteiger partial charge on any atom is -0.385 e. The quantitative estimate of drug-likeness (QED) is 0.169. The Labute approximate surface area is 224 Å². The number of hydrogen-bond acceptors (Lipinski definition) is 7. The molecule has 11 heteroatoms. The molecular weight excluding hydrogens is 488 g/mol. The lowest BCUT2D eigenvalue weighted by atomic mass is 10.0. The highest BCUT2D eigenvalue weighted by atomic mass is 16.6. The molecule has 2 amide bonds. The van der Waals surface area contributed by atoms with E-state index in [4.69, 9.17) is 5.73 Å². The summed E-state index contributed by atoms with van der Waals surface area (Å²) in [5.74, 6) is -1.98. The van der Waals surface area contributed by atoms with Gasteiger partial charge < -0.3 is 26.3 Å². The number of ketones is 1. The van der Waals surface area contributed by atoms with Crippen LogP contribution in [0.1, 0.15) is 60.9 Å². The molecule has 1 aromatic carbocycles. The van der Waals surface area contributed by atoms with Crippen molar-refractivity contribution in [1.29, 1.82) is 0 Å². The average molecular weight is 529 g/mol. The number of nitro groups is 1. The van der Waals surface area contributed by atoms with Crippen molar-refractivity contribution in [2.45, 2.75) is 40.7 Å². The standard InChI is InChI=1S/C22H23N5O5.2C2H6.CH5N/c1-3-7-17(27(31)32)18-16(12-24-20(18)23)19(28)22(30)26-11-10-25(13-14(26)2)21(29)15-8-5-4-6-9-15;3*1-2/h3-9,12,14,24H,1,10-11,13,23H2,2H3;2*1-2H3;2H2,1H3/b17-7+;;;/t14-;;;/m1.../s1. The Bertz CT molecular complexity index is 1110. The summed E-state index contributed by atoms with van der Waals surface area (Å²) in [6.45, 7) is 13.8. The first-order valence-electron chi connectivity index (χ1n) is 12.5. The summed E-state index contributed by atoms with van der Waals surface area (Å²) in [5.41, 5.74) is 10.1. The van der Waals surface area contributed by atoms with Crippen molar-refractivity contribution in [3.8, 4) is 0 Å². The molecule has 11 nitrogen and oxygen atoms in total. The Morgan fingerprint density at radius 3 is 2.18 bits per heavy atom. The molecule has 0 spiro atoms. The van der Waals surface area contributed by atoms with Crippen molar-refractivity contribution >= 4 is 29.1 Å². The van der Waals surface area contributed by atoms with Crippen LogP contribution in [0.25, 0.3) is 5.70 Å². The number of rotatable bonds is 6. The van der Waals surface area contributed by atoms with E-state index in [9.17, 15) is 24.5 Å². The van der Waals surface area contributed by atoms with Gasteiger partial charge in [-0.15, -0.1) is 0 Å². The number of nitrogens with one attached hydrogen (secondary N) is 1. The molecule has 0 unspecified atom stereocenters. The van der Waals surface area contributed by atoms with Crippen LogP contribution in [0, 0.1) is 10.1 Å². The molecule has 208 valence electrons. The number of anilines is 1. The van der Waals surface area contributed by atoms with Gasteiger partial charge in [0.1, 0.15) is 11.4 Å². The second-order valence-electron chi connectivity index (χ2n) is 7.33. The number of hydrogen-bond donors (Lipinski definition) is 3. The molecule has 1 aliphatic rings. The molecule has 1 aliphatic heterocycles. The molecule has 0 saturated carbocycles. The highest BCUT2D eigenvalue weighted by Gasteiger charge is 2.36. The minimum atomic E-state index is -0.917. The molecular formula is C27H40N6O5. The van der Waals surface area contributed by atoms with Crippen LogP contribution in [0.4, 0.5) is 5.82 Å². The molecule has 2 aromatic rings. The Kier molecular flexibility index (Phi) is 15.3. The Morgan fingerprint density at radius 1 is 1.11 bits per heavy atom. The van der Waals surface area contributed by atoms with Crippen LogP contribution in [0.3, 0.4) is 0 Å². The number of carbonyl (C=O) groups excluding carboxylic acids is 3. The average Bonchev–Trinajstić information content (AvgIpc) is 3.34. The SMILES string of the molecule is C=C/C=C(\c1c(C(=O)C(=O)N2CCN(C(=O)c3ccccc3)C[C@H]2C)c[nH]c1N)[N+](=O)[O-].CC.CC.CN. The summed E-state index contributed by atoms with van der Waals surface area (Å²) in [6.07, 6.45) is 3.49. The molecule has 0 bridgehead atoms. The predicted molar refractivity (Wildman–Crippen MR) is 151 cm³/mol. The number of nitrogens with zero attached hydrogens (tertiary/aromatic N) is 3. The van der Waals surface area contributed by atoms with Crippen LogP contribution in [0.5, 0.6) is 0 Å². The van der Waals surface area contributed by atoms with E-state index in [0.29, 0.717) is 5.56 Å². The number of carbonyl (C=O) groups is 3. The van der Waals surface area contributed by atoms with E-state index in [1.54, 1.807) is 36.1 Å². The number of aromatic amines is 1.